The third kappa shape index (κ3) is 1.93. The smallest absolute Gasteiger partial charge is 0.309 e. The number of carboxylic acid groups (broad SMARTS) is 1. The molecule has 1 aromatic heterocycles. The molecule has 1 N–H and O–H groups in total. The second-order valence-corrected chi connectivity index (χ2v) is 3.27. The quantitative estimate of drug-likeness (QED) is 0.839. The van der Waals surface area contributed by atoms with E-state index in [0.717, 1.165) is 0 Å². The maximum Gasteiger partial charge on any atom is 0.309 e. The fourth-order valence-electron chi connectivity index (χ4n) is 1.50. The van der Waals surface area contributed by atoms with Gasteiger partial charge in [-0.1, -0.05) is 0 Å². The van der Waals surface area contributed by atoms with Crippen LogP contribution >= 0.6 is 0 Å². The zero-order valence-electron chi connectivity index (χ0n) is 8.67. The molecule has 0 aliphatic carbocycles. The van der Waals surface area contributed by atoms with Gasteiger partial charge in [0.2, 0.25) is 0 Å². The number of carbonyl (C=O) groups is 1. The number of methoxy groups -OCH3 is 1. The van der Waals surface area contributed by atoms with E-state index < -0.39 is 5.97 Å². The Labute approximate surface area is 91.7 Å². The summed E-state index contributed by atoms with van der Waals surface area (Å²) < 4.78 is 5.08. The highest BCUT2D eigenvalue weighted by Gasteiger charge is 2.08. The Morgan fingerprint density at radius 3 is 2.94 bits per heavy atom. The van der Waals surface area contributed by atoms with Gasteiger partial charge in [0.05, 0.1) is 24.7 Å². The molecule has 0 saturated carbocycles. The lowest BCUT2D eigenvalue weighted by Crippen LogP contribution is -2.03. The van der Waals surface area contributed by atoms with Gasteiger partial charge >= 0.3 is 5.97 Å². The molecule has 0 atom stereocenters. The summed E-state index contributed by atoms with van der Waals surface area (Å²) in [5.41, 5.74) is 1.21. The number of benzene rings is 1. The molecule has 0 fully saturated rings. The van der Waals surface area contributed by atoms with Crippen molar-refractivity contribution in [3.63, 3.8) is 0 Å². The van der Waals surface area contributed by atoms with Crippen molar-refractivity contribution in [3.05, 3.63) is 30.2 Å². The lowest BCUT2D eigenvalue weighted by atomic mass is 10.1. The standard InChI is InChI=1S/C11H10N2O3/c1-16-7-2-3-9-8(4-7)10(5-11(14)15)13-6-12-9/h2-4,6H,5H2,1H3,(H,14,15). The summed E-state index contributed by atoms with van der Waals surface area (Å²) in [6.07, 6.45) is 1.25. The van der Waals surface area contributed by atoms with E-state index in [2.05, 4.69) is 9.97 Å². The topological polar surface area (TPSA) is 72.3 Å². The molecule has 0 unspecified atom stereocenters. The predicted molar refractivity (Wildman–Crippen MR) is 57.4 cm³/mol. The highest BCUT2D eigenvalue weighted by atomic mass is 16.5. The molecular weight excluding hydrogens is 208 g/mol. The summed E-state index contributed by atoms with van der Waals surface area (Å²) in [6, 6.07) is 5.30. The van der Waals surface area contributed by atoms with E-state index in [1.807, 2.05) is 0 Å². The van der Waals surface area contributed by atoms with Crippen molar-refractivity contribution < 1.29 is 14.6 Å². The number of nitrogens with zero attached hydrogens (tertiary/aromatic N) is 2. The number of aliphatic carboxylic acids is 1. The summed E-state index contributed by atoms with van der Waals surface area (Å²) in [4.78, 5) is 18.7. The van der Waals surface area contributed by atoms with Crippen molar-refractivity contribution >= 4 is 16.9 Å². The number of hydrogen-bond acceptors (Lipinski definition) is 4. The highest BCUT2D eigenvalue weighted by Crippen LogP contribution is 2.21. The van der Waals surface area contributed by atoms with Gasteiger partial charge in [-0.15, -0.1) is 0 Å². The molecule has 0 radical (unpaired) electrons. The Morgan fingerprint density at radius 2 is 2.25 bits per heavy atom. The first kappa shape index (κ1) is 10.4. The van der Waals surface area contributed by atoms with Gasteiger partial charge in [-0.2, -0.15) is 0 Å². The van der Waals surface area contributed by atoms with E-state index in [9.17, 15) is 4.79 Å². The first-order chi connectivity index (χ1) is 7.70. The molecule has 16 heavy (non-hydrogen) atoms. The monoisotopic (exact) mass is 218 g/mol. The Morgan fingerprint density at radius 1 is 1.44 bits per heavy atom. The van der Waals surface area contributed by atoms with Crippen LogP contribution in [0.25, 0.3) is 10.9 Å². The van der Waals surface area contributed by atoms with E-state index in [1.54, 1.807) is 25.3 Å². The molecule has 2 rings (SSSR count). The van der Waals surface area contributed by atoms with Crippen LogP contribution in [0, 0.1) is 0 Å². The molecule has 5 heteroatoms. The first-order valence-electron chi connectivity index (χ1n) is 4.70. The minimum atomic E-state index is -0.914. The average molecular weight is 218 g/mol. The zero-order chi connectivity index (χ0) is 11.5. The zero-order valence-corrected chi connectivity index (χ0v) is 8.67. The lowest BCUT2D eigenvalue weighted by Gasteiger charge is -2.04. The molecule has 1 heterocycles. The van der Waals surface area contributed by atoms with Gasteiger partial charge in [-0.05, 0) is 18.2 Å². The van der Waals surface area contributed by atoms with Gasteiger partial charge in [0.1, 0.15) is 12.1 Å². The molecule has 0 bridgehead atoms. The largest absolute Gasteiger partial charge is 0.497 e. The molecule has 82 valence electrons. The van der Waals surface area contributed by atoms with Crippen LogP contribution in [0.4, 0.5) is 0 Å². The van der Waals surface area contributed by atoms with Gasteiger partial charge in [-0.25, -0.2) is 9.97 Å². The summed E-state index contributed by atoms with van der Waals surface area (Å²) >= 11 is 0. The van der Waals surface area contributed by atoms with Crippen molar-refractivity contribution in [2.45, 2.75) is 6.42 Å². The SMILES string of the molecule is COc1ccc2ncnc(CC(=O)O)c2c1. The van der Waals surface area contributed by atoms with Crippen molar-refractivity contribution in [1.82, 2.24) is 9.97 Å². The molecule has 0 amide bonds. The molecular formula is C11H10N2O3. The van der Waals surface area contributed by atoms with Gasteiger partial charge in [-0.3, -0.25) is 4.79 Å². The van der Waals surface area contributed by atoms with Crippen LogP contribution < -0.4 is 4.74 Å². The minimum Gasteiger partial charge on any atom is -0.497 e. The Kier molecular flexibility index (Phi) is 2.68. The minimum absolute atomic E-state index is 0.119. The molecule has 1 aromatic carbocycles. The summed E-state index contributed by atoms with van der Waals surface area (Å²) in [6.45, 7) is 0. The second kappa shape index (κ2) is 4.14. The van der Waals surface area contributed by atoms with Crippen LogP contribution in [0.1, 0.15) is 5.69 Å². The summed E-state index contributed by atoms with van der Waals surface area (Å²) in [5.74, 6) is -0.253. The Hall–Kier alpha value is -2.17. The van der Waals surface area contributed by atoms with Crippen LogP contribution in [-0.4, -0.2) is 28.2 Å². The number of aromatic nitrogens is 2. The number of carboxylic acids is 1. The van der Waals surface area contributed by atoms with Crippen molar-refractivity contribution in [3.8, 4) is 5.75 Å². The third-order valence-electron chi connectivity index (χ3n) is 2.24. The van der Waals surface area contributed by atoms with Crippen LogP contribution in [0.5, 0.6) is 5.75 Å². The number of rotatable bonds is 3. The predicted octanol–water partition coefficient (Wildman–Crippen LogP) is 1.27. The van der Waals surface area contributed by atoms with Gasteiger partial charge in [0, 0.05) is 5.39 Å². The fraction of sp³-hybridized carbons (Fsp3) is 0.182. The van der Waals surface area contributed by atoms with Crippen LogP contribution in [-0.2, 0) is 11.2 Å². The average Bonchev–Trinajstić information content (AvgIpc) is 2.28. The van der Waals surface area contributed by atoms with E-state index in [4.69, 9.17) is 9.84 Å². The first-order valence-corrected chi connectivity index (χ1v) is 4.70. The Bertz CT molecular complexity index is 540. The van der Waals surface area contributed by atoms with Crippen molar-refractivity contribution in [1.29, 1.82) is 0 Å². The Balaban J connectivity index is 2.59. The normalized spacial score (nSPS) is 10.3. The molecule has 0 saturated heterocycles. The maximum absolute atomic E-state index is 10.7. The van der Waals surface area contributed by atoms with Gasteiger partial charge in [0.25, 0.3) is 0 Å². The van der Waals surface area contributed by atoms with Crippen LogP contribution in [0.3, 0.4) is 0 Å². The molecule has 5 nitrogen and oxygen atoms in total. The van der Waals surface area contributed by atoms with Crippen LogP contribution in [0.2, 0.25) is 0 Å². The van der Waals surface area contributed by atoms with Crippen molar-refractivity contribution in [2.24, 2.45) is 0 Å². The molecule has 0 aliphatic rings. The highest BCUT2D eigenvalue weighted by molar-refractivity contribution is 5.85. The molecule has 2 aromatic rings. The molecule has 0 spiro atoms. The van der Waals surface area contributed by atoms with Gasteiger partial charge < -0.3 is 9.84 Å². The number of fused-ring (bicyclic) bond motifs is 1. The number of ether oxygens (including phenoxy) is 1. The molecule has 0 aliphatic heterocycles. The van der Waals surface area contributed by atoms with E-state index in [0.29, 0.717) is 22.3 Å². The van der Waals surface area contributed by atoms with E-state index >= 15 is 0 Å². The van der Waals surface area contributed by atoms with Crippen LogP contribution in [0.15, 0.2) is 24.5 Å². The second-order valence-electron chi connectivity index (χ2n) is 3.27. The third-order valence-corrected chi connectivity index (χ3v) is 2.24. The maximum atomic E-state index is 10.7. The summed E-state index contributed by atoms with van der Waals surface area (Å²) in [5, 5.41) is 9.47. The lowest BCUT2D eigenvalue weighted by molar-refractivity contribution is -0.136. The summed E-state index contributed by atoms with van der Waals surface area (Å²) in [7, 11) is 1.56. The van der Waals surface area contributed by atoms with E-state index in [1.165, 1.54) is 6.33 Å². The number of hydrogen-bond donors (Lipinski definition) is 1. The van der Waals surface area contributed by atoms with E-state index in [-0.39, 0.29) is 6.42 Å². The fourth-order valence-corrected chi connectivity index (χ4v) is 1.50. The van der Waals surface area contributed by atoms with Crippen molar-refractivity contribution in [2.75, 3.05) is 7.11 Å². The van der Waals surface area contributed by atoms with Gasteiger partial charge in [0.15, 0.2) is 0 Å².